The molecule has 3 nitrogen and oxygen atoms in total. The number of nitrogens with zero attached hydrogens (tertiary/aromatic N) is 1. The van der Waals surface area contributed by atoms with Gasteiger partial charge >= 0.3 is 0 Å². The predicted molar refractivity (Wildman–Crippen MR) is 122 cm³/mol. The second-order valence-electron chi connectivity index (χ2n) is 8.10. The van der Waals surface area contributed by atoms with Gasteiger partial charge in [-0.15, -0.1) is 0 Å². The SMILES string of the molecule is CCOc1c(C(C)CC)cc(-c2cc3cc(C)ccn3c2C=O)cc1C(C)CC. The minimum atomic E-state index is 0.387. The van der Waals surface area contributed by atoms with E-state index in [0.717, 1.165) is 41.5 Å². The summed E-state index contributed by atoms with van der Waals surface area (Å²) in [5, 5.41) is 0. The molecule has 0 saturated heterocycles. The van der Waals surface area contributed by atoms with Gasteiger partial charge in [-0.05, 0) is 91.1 Å². The van der Waals surface area contributed by atoms with Crippen molar-refractivity contribution >= 4 is 11.8 Å². The fourth-order valence-corrected chi connectivity index (χ4v) is 3.98. The van der Waals surface area contributed by atoms with E-state index >= 15 is 0 Å². The van der Waals surface area contributed by atoms with Crippen LogP contribution in [0, 0.1) is 6.92 Å². The summed E-state index contributed by atoms with van der Waals surface area (Å²) in [5.41, 5.74) is 7.51. The monoisotopic (exact) mass is 391 g/mol. The molecule has 0 aliphatic rings. The lowest BCUT2D eigenvalue weighted by Crippen LogP contribution is -2.06. The molecule has 1 aromatic carbocycles. The summed E-state index contributed by atoms with van der Waals surface area (Å²) < 4.78 is 8.15. The fourth-order valence-electron chi connectivity index (χ4n) is 3.98. The largest absolute Gasteiger partial charge is 0.493 e. The molecule has 3 aromatic rings. The number of pyridine rings is 1. The van der Waals surface area contributed by atoms with Crippen LogP contribution in [0.1, 0.15) is 86.5 Å². The highest BCUT2D eigenvalue weighted by Gasteiger charge is 2.22. The van der Waals surface area contributed by atoms with Crippen LogP contribution in [-0.4, -0.2) is 17.3 Å². The van der Waals surface area contributed by atoms with Gasteiger partial charge in [0, 0.05) is 17.3 Å². The van der Waals surface area contributed by atoms with E-state index in [1.807, 2.05) is 23.6 Å². The molecule has 2 unspecified atom stereocenters. The van der Waals surface area contributed by atoms with Crippen molar-refractivity contribution in [2.75, 3.05) is 6.61 Å². The Balaban J connectivity index is 2.32. The molecule has 0 aliphatic heterocycles. The first-order valence-electron chi connectivity index (χ1n) is 10.8. The number of hydrogen-bond donors (Lipinski definition) is 0. The van der Waals surface area contributed by atoms with Crippen molar-refractivity contribution in [3.63, 3.8) is 0 Å². The fraction of sp³-hybridized carbons (Fsp3) is 0.423. The number of aromatic nitrogens is 1. The highest BCUT2D eigenvalue weighted by Crippen LogP contribution is 2.41. The van der Waals surface area contributed by atoms with Crippen LogP contribution < -0.4 is 4.74 Å². The highest BCUT2D eigenvalue weighted by atomic mass is 16.5. The summed E-state index contributed by atoms with van der Waals surface area (Å²) in [6.45, 7) is 13.7. The Morgan fingerprint density at radius 3 is 2.14 bits per heavy atom. The van der Waals surface area contributed by atoms with Gasteiger partial charge in [-0.2, -0.15) is 0 Å². The number of aldehydes is 1. The van der Waals surface area contributed by atoms with Crippen molar-refractivity contribution in [3.05, 3.63) is 58.9 Å². The summed E-state index contributed by atoms with van der Waals surface area (Å²) >= 11 is 0. The molecule has 0 bridgehead atoms. The maximum absolute atomic E-state index is 12.0. The van der Waals surface area contributed by atoms with E-state index in [0.29, 0.717) is 24.1 Å². The third-order valence-corrected chi connectivity index (χ3v) is 6.11. The first-order chi connectivity index (χ1) is 13.9. The summed E-state index contributed by atoms with van der Waals surface area (Å²) in [6, 6.07) is 10.8. The van der Waals surface area contributed by atoms with Gasteiger partial charge in [-0.25, -0.2) is 0 Å². The summed E-state index contributed by atoms with van der Waals surface area (Å²) in [5.74, 6) is 1.81. The summed E-state index contributed by atoms with van der Waals surface area (Å²) in [7, 11) is 0. The molecule has 0 N–H and O–H groups in total. The molecule has 0 amide bonds. The molecule has 2 atom stereocenters. The zero-order valence-corrected chi connectivity index (χ0v) is 18.6. The second kappa shape index (κ2) is 8.86. The number of benzene rings is 1. The molecule has 29 heavy (non-hydrogen) atoms. The first kappa shape index (κ1) is 21.2. The number of fused-ring (bicyclic) bond motifs is 1. The number of rotatable bonds is 8. The van der Waals surface area contributed by atoms with Gasteiger partial charge in [0.2, 0.25) is 0 Å². The zero-order chi connectivity index (χ0) is 21.1. The van der Waals surface area contributed by atoms with E-state index in [-0.39, 0.29) is 0 Å². The van der Waals surface area contributed by atoms with E-state index in [4.69, 9.17) is 4.74 Å². The smallest absolute Gasteiger partial charge is 0.167 e. The Labute approximate surface area is 174 Å². The average molecular weight is 392 g/mol. The Hall–Kier alpha value is -2.55. The van der Waals surface area contributed by atoms with E-state index in [9.17, 15) is 4.79 Å². The number of ether oxygens (including phenoxy) is 1. The minimum Gasteiger partial charge on any atom is -0.493 e. The van der Waals surface area contributed by atoms with Gasteiger partial charge in [0.15, 0.2) is 6.29 Å². The normalized spacial score (nSPS) is 13.4. The number of carbonyl (C=O) groups is 1. The van der Waals surface area contributed by atoms with Crippen LogP contribution in [-0.2, 0) is 0 Å². The van der Waals surface area contributed by atoms with E-state index in [2.05, 4.69) is 58.9 Å². The molecular weight excluding hydrogens is 358 g/mol. The third kappa shape index (κ3) is 3.96. The molecule has 154 valence electrons. The zero-order valence-electron chi connectivity index (χ0n) is 18.6. The highest BCUT2D eigenvalue weighted by molar-refractivity contribution is 5.90. The molecule has 0 saturated carbocycles. The van der Waals surface area contributed by atoms with Crippen LogP contribution in [0.3, 0.4) is 0 Å². The van der Waals surface area contributed by atoms with Gasteiger partial charge in [0.1, 0.15) is 5.75 Å². The molecule has 2 heterocycles. The van der Waals surface area contributed by atoms with E-state index in [1.54, 1.807) is 0 Å². The number of aryl methyl sites for hydroxylation is 1. The number of hydrogen-bond acceptors (Lipinski definition) is 2. The molecule has 3 rings (SSSR count). The summed E-state index contributed by atoms with van der Waals surface area (Å²) in [6.07, 6.45) is 5.04. The van der Waals surface area contributed by atoms with Crippen LogP contribution in [0.2, 0.25) is 0 Å². The predicted octanol–water partition coefficient (Wildman–Crippen LogP) is 7.15. The van der Waals surface area contributed by atoms with Crippen molar-refractivity contribution in [3.8, 4) is 16.9 Å². The number of carbonyl (C=O) groups excluding carboxylic acids is 1. The molecule has 0 spiro atoms. The Kier molecular flexibility index (Phi) is 6.46. The van der Waals surface area contributed by atoms with Crippen molar-refractivity contribution in [2.24, 2.45) is 0 Å². The molecule has 0 fully saturated rings. The van der Waals surface area contributed by atoms with Gasteiger partial charge in [0.05, 0.1) is 12.3 Å². The standard InChI is InChI=1S/C26H33NO2/c1-7-18(5)22-13-20(14-23(19(6)8-2)26(22)29-9-3)24-15-21-12-17(4)10-11-27(21)25(24)16-28/h10-16,18-19H,7-9H2,1-6H3. The topological polar surface area (TPSA) is 30.7 Å². The van der Waals surface area contributed by atoms with Crippen molar-refractivity contribution in [2.45, 2.75) is 66.2 Å². The Morgan fingerprint density at radius 1 is 1.00 bits per heavy atom. The molecule has 2 aromatic heterocycles. The van der Waals surface area contributed by atoms with Crippen LogP contribution in [0.4, 0.5) is 0 Å². The maximum atomic E-state index is 12.0. The van der Waals surface area contributed by atoms with Crippen LogP contribution in [0.5, 0.6) is 5.75 Å². The quantitative estimate of drug-likeness (QED) is 0.382. The van der Waals surface area contributed by atoms with Crippen LogP contribution >= 0.6 is 0 Å². The third-order valence-electron chi connectivity index (χ3n) is 6.11. The van der Waals surface area contributed by atoms with Gasteiger partial charge in [-0.3, -0.25) is 4.79 Å². The minimum absolute atomic E-state index is 0.387. The van der Waals surface area contributed by atoms with E-state index in [1.165, 1.54) is 16.7 Å². The van der Waals surface area contributed by atoms with Crippen LogP contribution in [0.25, 0.3) is 16.6 Å². The Bertz CT molecular complexity index is 984. The van der Waals surface area contributed by atoms with Crippen molar-refractivity contribution in [1.82, 2.24) is 4.40 Å². The van der Waals surface area contributed by atoms with Crippen molar-refractivity contribution < 1.29 is 9.53 Å². The van der Waals surface area contributed by atoms with Crippen molar-refractivity contribution in [1.29, 1.82) is 0 Å². The molecule has 0 aliphatic carbocycles. The van der Waals surface area contributed by atoms with E-state index < -0.39 is 0 Å². The molecular formula is C26H33NO2. The lowest BCUT2D eigenvalue weighted by molar-refractivity contribution is 0.111. The lowest BCUT2D eigenvalue weighted by Gasteiger charge is -2.23. The second-order valence-corrected chi connectivity index (χ2v) is 8.10. The van der Waals surface area contributed by atoms with Gasteiger partial charge in [-0.1, -0.05) is 27.7 Å². The lowest BCUT2D eigenvalue weighted by atomic mass is 9.86. The summed E-state index contributed by atoms with van der Waals surface area (Å²) in [4.78, 5) is 12.0. The van der Waals surface area contributed by atoms with Gasteiger partial charge in [0.25, 0.3) is 0 Å². The first-order valence-corrected chi connectivity index (χ1v) is 10.8. The molecule has 3 heteroatoms. The molecule has 0 radical (unpaired) electrons. The van der Waals surface area contributed by atoms with Gasteiger partial charge < -0.3 is 9.14 Å². The maximum Gasteiger partial charge on any atom is 0.167 e. The Morgan fingerprint density at radius 2 is 1.62 bits per heavy atom. The van der Waals surface area contributed by atoms with Crippen LogP contribution in [0.15, 0.2) is 36.5 Å². The average Bonchev–Trinajstić information content (AvgIpc) is 3.10.